The van der Waals surface area contributed by atoms with Crippen LogP contribution < -0.4 is 5.32 Å². The highest BCUT2D eigenvalue weighted by atomic mass is 32.2. The van der Waals surface area contributed by atoms with Crippen LogP contribution in [0, 0.1) is 6.92 Å². The van der Waals surface area contributed by atoms with E-state index in [0.717, 1.165) is 11.5 Å². The lowest BCUT2D eigenvalue weighted by atomic mass is 10.2. The molecule has 0 radical (unpaired) electrons. The van der Waals surface area contributed by atoms with Gasteiger partial charge < -0.3 is 9.73 Å². The molecule has 4 nitrogen and oxygen atoms in total. The van der Waals surface area contributed by atoms with Crippen molar-refractivity contribution in [1.29, 1.82) is 0 Å². The van der Waals surface area contributed by atoms with Crippen LogP contribution in [0.2, 0.25) is 0 Å². The maximum Gasteiger partial charge on any atom is 0.251 e. The van der Waals surface area contributed by atoms with Crippen LogP contribution in [-0.4, -0.2) is 16.4 Å². The highest BCUT2D eigenvalue weighted by molar-refractivity contribution is 7.84. The lowest BCUT2D eigenvalue weighted by Gasteiger charge is -2.11. The second kappa shape index (κ2) is 6.05. The number of benzene rings is 1. The van der Waals surface area contributed by atoms with Gasteiger partial charge >= 0.3 is 0 Å². The van der Waals surface area contributed by atoms with E-state index < -0.39 is 10.8 Å². The molecule has 1 amide bonds. The van der Waals surface area contributed by atoms with Crippen molar-refractivity contribution in [3.63, 3.8) is 0 Å². The van der Waals surface area contributed by atoms with Gasteiger partial charge in [-0.2, -0.15) is 0 Å². The number of rotatable bonds is 4. The number of hydrogen-bond acceptors (Lipinski definition) is 3. The predicted molar refractivity (Wildman–Crippen MR) is 78.1 cm³/mol. The van der Waals surface area contributed by atoms with Gasteiger partial charge in [-0.3, -0.25) is 9.00 Å². The zero-order valence-corrected chi connectivity index (χ0v) is 12.5. The van der Waals surface area contributed by atoms with Gasteiger partial charge in [0.1, 0.15) is 11.5 Å². The van der Waals surface area contributed by atoms with Gasteiger partial charge in [0.2, 0.25) is 0 Å². The Hall–Kier alpha value is -1.88. The first-order valence-corrected chi connectivity index (χ1v) is 7.84. The Morgan fingerprint density at radius 3 is 2.35 bits per heavy atom. The summed E-state index contributed by atoms with van der Waals surface area (Å²) in [5, 5.41) is 2.87. The third-order valence-corrected chi connectivity index (χ3v) is 3.92. The predicted octanol–water partition coefficient (Wildman–Crippen LogP) is 2.82. The molecule has 1 heterocycles. The highest BCUT2D eigenvalue weighted by Crippen LogP contribution is 2.16. The zero-order valence-electron chi connectivity index (χ0n) is 11.7. The summed E-state index contributed by atoms with van der Waals surface area (Å²) >= 11 is 0. The van der Waals surface area contributed by atoms with Crippen LogP contribution in [0.3, 0.4) is 0 Å². The minimum Gasteiger partial charge on any atom is -0.464 e. The number of carbonyl (C=O) groups excluding carboxylic acids is 1. The molecule has 20 heavy (non-hydrogen) atoms. The molecule has 2 aromatic rings. The minimum absolute atomic E-state index is 0.181. The number of furan rings is 1. The Bertz CT molecular complexity index is 631. The van der Waals surface area contributed by atoms with E-state index in [9.17, 15) is 9.00 Å². The molecule has 2 atom stereocenters. The van der Waals surface area contributed by atoms with E-state index in [4.69, 9.17) is 4.42 Å². The molecule has 0 saturated carbocycles. The van der Waals surface area contributed by atoms with Crippen LogP contribution in [0.15, 0.2) is 45.7 Å². The van der Waals surface area contributed by atoms with E-state index in [-0.39, 0.29) is 11.9 Å². The Morgan fingerprint density at radius 2 is 1.85 bits per heavy atom. The van der Waals surface area contributed by atoms with Gasteiger partial charge in [0.05, 0.1) is 6.04 Å². The van der Waals surface area contributed by atoms with Gasteiger partial charge in [0.25, 0.3) is 5.91 Å². The molecule has 5 heteroatoms. The third-order valence-electron chi connectivity index (χ3n) is 2.98. The fourth-order valence-corrected chi connectivity index (χ4v) is 2.35. The molecule has 1 N–H and O–H groups in total. The summed E-state index contributed by atoms with van der Waals surface area (Å²) < 4.78 is 16.8. The first-order chi connectivity index (χ1) is 9.47. The molecule has 1 aromatic carbocycles. The lowest BCUT2D eigenvalue weighted by Crippen LogP contribution is -2.26. The maximum atomic E-state index is 12.1. The standard InChI is InChI=1S/C15H17NO3S/c1-10-4-9-14(19-10)11(2)16-15(17)12-5-7-13(8-6-12)20(3)18/h4-9,11H,1-3H3,(H,16,17). The minimum atomic E-state index is -1.03. The lowest BCUT2D eigenvalue weighted by molar-refractivity contribution is 0.0935. The fourth-order valence-electron chi connectivity index (χ4n) is 1.84. The normalized spacial score (nSPS) is 13.8. The van der Waals surface area contributed by atoms with E-state index in [1.54, 1.807) is 30.5 Å². The fraction of sp³-hybridized carbons (Fsp3) is 0.267. The van der Waals surface area contributed by atoms with Gasteiger partial charge in [-0.05, 0) is 50.2 Å². The average Bonchev–Trinajstić information content (AvgIpc) is 2.85. The van der Waals surface area contributed by atoms with Crippen molar-refractivity contribution in [2.45, 2.75) is 24.8 Å². The summed E-state index contributed by atoms with van der Waals surface area (Å²) in [7, 11) is -1.03. The summed E-state index contributed by atoms with van der Waals surface area (Å²) in [6.07, 6.45) is 1.61. The van der Waals surface area contributed by atoms with Gasteiger partial charge in [0, 0.05) is 27.5 Å². The van der Waals surface area contributed by atoms with Crippen LogP contribution in [0.1, 0.15) is 34.8 Å². The molecular weight excluding hydrogens is 274 g/mol. The molecule has 0 fully saturated rings. The monoisotopic (exact) mass is 291 g/mol. The Labute approximate surface area is 120 Å². The average molecular weight is 291 g/mol. The van der Waals surface area contributed by atoms with Crippen molar-refractivity contribution in [3.05, 3.63) is 53.5 Å². The number of amides is 1. The summed E-state index contributed by atoms with van der Waals surface area (Å²) in [6.45, 7) is 3.73. The van der Waals surface area contributed by atoms with Gasteiger partial charge in [-0.25, -0.2) is 0 Å². The van der Waals surface area contributed by atoms with E-state index >= 15 is 0 Å². The number of hydrogen-bond donors (Lipinski definition) is 1. The maximum absolute atomic E-state index is 12.1. The largest absolute Gasteiger partial charge is 0.464 e. The first kappa shape index (κ1) is 14.5. The van der Waals surface area contributed by atoms with Crippen LogP contribution in [0.4, 0.5) is 0 Å². The van der Waals surface area contributed by atoms with Crippen molar-refractivity contribution < 1.29 is 13.4 Å². The van der Waals surface area contributed by atoms with E-state index in [0.29, 0.717) is 10.5 Å². The summed E-state index contributed by atoms with van der Waals surface area (Å²) in [5.74, 6) is 1.36. The molecule has 0 aliphatic rings. The van der Waals surface area contributed by atoms with Crippen LogP contribution >= 0.6 is 0 Å². The molecule has 2 rings (SSSR count). The van der Waals surface area contributed by atoms with E-state index in [2.05, 4.69) is 5.32 Å². The second-order valence-electron chi connectivity index (χ2n) is 4.62. The molecule has 0 aliphatic heterocycles. The smallest absolute Gasteiger partial charge is 0.251 e. The molecular formula is C15H17NO3S. The highest BCUT2D eigenvalue weighted by Gasteiger charge is 2.14. The van der Waals surface area contributed by atoms with Crippen LogP contribution in [0.25, 0.3) is 0 Å². The van der Waals surface area contributed by atoms with Crippen molar-refractivity contribution in [2.75, 3.05) is 6.26 Å². The van der Waals surface area contributed by atoms with Crippen LogP contribution in [-0.2, 0) is 10.8 Å². The first-order valence-electron chi connectivity index (χ1n) is 6.28. The van der Waals surface area contributed by atoms with E-state index in [1.807, 2.05) is 26.0 Å². The summed E-state index contributed by atoms with van der Waals surface area (Å²) in [6, 6.07) is 10.3. The summed E-state index contributed by atoms with van der Waals surface area (Å²) in [5.41, 5.74) is 0.536. The molecule has 106 valence electrons. The van der Waals surface area contributed by atoms with Gasteiger partial charge in [-0.15, -0.1) is 0 Å². The van der Waals surface area contributed by atoms with Crippen molar-refractivity contribution >= 4 is 16.7 Å². The Balaban J connectivity index is 2.06. The quantitative estimate of drug-likeness (QED) is 0.942. The molecule has 0 spiro atoms. The van der Waals surface area contributed by atoms with Crippen molar-refractivity contribution in [3.8, 4) is 0 Å². The number of carbonyl (C=O) groups is 1. The number of aryl methyl sites for hydroxylation is 1. The third kappa shape index (κ3) is 3.36. The SMILES string of the molecule is Cc1ccc(C(C)NC(=O)c2ccc(S(C)=O)cc2)o1. The van der Waals surface area contributed by atoms with Crippen molar-refractivity contribution in [2.24, 2.45) is 0 Å². The van der Waals surface area contributed by atoms with Gasteiger partial charge in [-0.1, -0.05) is 0 Å². The van der Waals surface area contributed by atoms with Crippen LogP contribution in [0.5, 0.6) is 0 Å². The van der Waals surface area contributed by atoms with Crippen molar-refractivity contribution in [1.82, 2.24) is 5.32 Å². The Kier molecular flexibility index (Phi) is 4.39. The zero-order chi connectivity index (χ0) is 14.7. The molecule has 0 saturated heterocycles. The molecule has 0 bridgehead atoms. The van der Waals surface area contributed by atoms with E-state index in [1.165, 1.54) is 0 Å². The molecule has 2 unspecified atom stereocenters. The number of nitrogens with one attached hydrogen (secondary N) is 1. The molecule has 0 aliphatic carbocycles. The second-order valence-corrected chi connectivity index (χ2v) is 6.00. The topological polar surface area (TPSA) is 59.3 Å². The van der Waals surface area contributed by atoms with Gasteiger partial charge in [0.15, 0.2) is 0 Å². The Morgan fingerprint density at radius 1 is 1.20 bits per heavy atom. The molecule has 1 aromatic heterocycles. The summed E-state index contributed by atoms with van der Waals surface area (Å²) in [4.78, 5) is 12.8.